The first-order valence-electron chi connectivity index (χ1n) is 9.20. The van der Waals surface area contributed by atoms with Crippen LogP contribution in [-0.2, 0) is 11.3 Å². The molecule has 0 radical (unpaired) electrons. The first-order chi connectivity index (χ1) is 13.9. The topological polar surface area (TPSA) is 76.9 Å². The Morgan fingerprint density at radius 1 is 1.14 bits per heavy atom. The first kappa shape index (κ1) is 19.0. The summed E-state index contributed by atoms with van der Waals surface area (Å²) in [4.78, 5) is 33.8. The number of benzene rings is 2. The summed E-state index contributed by atoms with van der Waals surface area (Å²) in [6, 6.07) is 11.3. The van der Waals surface area contributed by atoms with E-state index in [-0.39, 0.29) is 18.0 Å². The Hall–Kier alpha value is -3.32. The van der Waals surface area contributed by atoms with Crippen LogP contribution in [-0.4, -0.2) is 20.4 Å². The highest BCUT2D eigenvalue weighted by Gasteiger charge is 2.13. The summed E-state index contributed by atoms with van der Waals surface area (Å²) in [5, 5.41) is 5.72. The molecule has 0 spiro atoms. The van der Waals surface area contributed by atoms with Gasteiger partial charge in [-0.15, -0.1) is 11.3 Å². The van der Waals surface area contributed by atoms with Crippen molar-refractivity contribution in [3.05, 3.63) is 75.1 Å². The van der Waals surface area contributed by atoms with Crippen LogP contribution in [0.3, 0.4) is 0 Å². The molecule has 2 aromatic carbocycles. The number of nitrogens with one attached hydrogen (secondary N) is 1. The third-order valence-electron chi connectivity index (χ3n) is 4.73. The normalized spacial score (nSPS) is 11.0. The number of amides is 1. The van der Waals surface area contributed by atoms with Gasteiger partial charge >= 0.3 is 0 Å². The van der Waals surface area contributed by atoms with E-state index >= 15 is 0 Å². The molecule has 0 fully saturated rings. The molecule has 0 aliphatic heterocycles. The molecule has 0 atom stereocenters. The summed E-state index contributed by atoms with van der Waals surface area (Å²) in [6.45, 7) is 6.08. The number of fused-ring (bicyclic) bond motifs is 1. The largest absolute Gasteiger partial charge is 0.300 e. The summed E-state index contributed by atoms with van der Waals surface area (Å²) in [5.74, 6) is -0.317. The molecule has 0 bridgehead atoms. The molecule has 4 rings (SSSR count). The van der Waals surface area contributed by atoms with Gasteiger partial charge in [-0.3, -0.25) is 14.2 Å². The number of rotatable bonds is 4. The van der Waals surface area contributed by atoms with Crippen LogP contribution in [0.15, 0.2) is 52.9 Å². The lowest BCUT2D eigenvalue weighted by Gasteiger charge is -2.09. The third kappa shape index (κ3) is 3.82. The van der Waals surface area contributed by atoms with Crippen LogP contribution in [0.5, 0.6) is 0 Å². The van der Waals surface area contributed by atoms with E-state index in [1.165, 1.54) is 27.8 Å². The second-order valence-electron chi connectivity index (χ2n) is 7.05. The van der Waals surface area contributed by atoms with Gasteiger partial charge in [-0.25, -0.2) is 9.97 Å². The number of hydrogen-bond donors (Lipinski definition) is 1. The van der Waals surface area contributed by atoms with Gasteiger partial charge in [-0.05, 0) is 44.0 Å². The van der Waals surface area contributed by atoms with Crippen molar-refractivity contribution in [1.82, 2.24) is 14.5 Å². The molecule has 0 saturated carbocycles. The van der Waals surface area contributed by atoms with E-state index in [2.05, 4.69) is 48.2 Å². The monoisotopic (exact) mass is 404 g/mol. The number of carbonyl (C=O) groups excluding carboxylic acids is 1. The molecule has 7 heteroatoms. The van der Waals surface area contributed by atoms with E-state index in [0.29, 0.717) is 16.0 Å². The zero-order chi connectivity index (χ0) is 20.5. The smallest absolute Gasteiger partial charge is 0.261 e. The number of carbonyl (C=O) groups is 1. The standard InChI is InChI=1S/C22H20N4O2S/c1-13-8-14(2)20(15(3)9-13)18-11-29-22(24-18)25-19(27)10-26-12-23-17-7-5-4-6-16(17)21(26)28/h4-9,11-12H,10H2,1-3H3,(H,24,25,27). The van der Waals surface area contributed by atoms with E-state index in [0.717, 1.165) is 22.4 Å². The molecule has 1 N–H and O–H groups in total. The second-order valence-corrected chi connectivity index (χ2v) is 7.91. The average Bonchev–Trinajstić information content (AvgIpc) is 3.11. The Balaban J connectivity index is 1.53. The fourth-order valence-electron chi connectivity index (χ4n) is 3.56. The van der Waals surface area contributed by atoms with Crippen molar-refractivity contribution >= 4 is 33.3 Å². The molecule has 4 aromatic rings. The number of hydrogen-bond acceptors (Lipinski definition) is 5. The summed E-state index contributed by atoms with van der Waals surface area (Å²) >= 11 is 1.37. The Labute approximate surface area is 171 Å². The highest BCUT2D eigenvalue weighted by atomic mass is 32.1. The molecule has 0 aliphatic rings. The van der Waals surface area contributed by atoms with Crippen molar-refractivity contribution < 1.29 is 4.79 Å². The Morgan fingerprint density at radius 2 is 1.86 bits per heavy atom. The van der Waals surface area contributed by atoms with E-state index in [1.807, 2.05) is 11.4 Å². The summed E-state index contributed by atoms with van der Waals surface area (Å²) in [6.07, 6.45) is 1.40. The van der Waals surface area contributed by atoms with Gasteiger partial charge in [0.1, 0.15) is 6.54 Å². The van der Waals surface area contributed by atoms with Crippen LogP contribution in [0.2, 0.25) is 0 Å². The summed E-state index contributed by atoms with van der Waals surface area (Å²) < 4.78 is 1.31. The van der Waals surface area contributed by atoms with Gasteiger partial charge in [0.25, 0.3) is 5.56 Å². The minimum absolute atomic E-state index is 0.117. The lowest BCUT2D eigenvalue weighted by molar-refractivity contribution is -0.116. The molecule has 29 heavy (non-hydrogen) atoms. The molecular formula is C22H20N4O2S. The van der Waals surface area contributed by atoms with Crippen molar-refractivity contribution in [2.45, 2.75) is 27.3 Å². The van der Waals surface area contributed by atoms with Gasteiger partial charge in [-0.2, -0.15) is 0 Å². The number of para-hydroxylation sites is 1. The van der Waals surface area contributed by atoms with Gasteiger partial charge in [0.15, 0.2) is 5.13 Å². The van der Waals surface area contributed by atoms with Crippen LogP contribution in [0.1, 0.15) is 16.7 Å². The first-order valence-corrected chi connectivity index (χ1v) is 10.1. The fourth-order valence-corrected chi connectivity index (χ4v) is 4.28. The second kappa shape index (κ2) is 7.60. The fraction of sp³-hybridized carbons (Fsp3) is 0.182. The Kier molecular flexibility index (Phi) is 4.98. The molecule has 2 heterocycles. The Bertz CT molecular complexity index is 1270. The number of anilines is 1. The van der Waals surface area contributed by atoms with E-state index in [4.69, 9.17) is 0 Å². The summed E-state index contributed by atoms with van der Waals surface area (Å²) in [7, 11) is 0. The molecule has 0 saturated heterocycles. The minimum atomic E-state index is -0.317. The molecule has 146 valence electrons. The predicted molar refractivity (Wildman–Crippen MR) is 116 cm³/mol. The van der Waals surface area contributed by atoms with Crippen LogP contribution in [0.4, 0.5) is 5.13 Å². The highest BCUT2D eigenvalue weighted by molar-refractivity contribution is 7.14. The van der Waals surface area contributed by atoms with Gasteiger partial charge in [-0.1, -0.05) is 29.8 Å². The lowest BCUT2D eigenvalue weighted by Crippen LogP contribution is -2.27. The van der Waals surface area contributed by atoms with Crippen molar-refractivity contribution in [3.8, 4) is 11.3 Å². The zero-order valence-corrected chi connectivity index (χ0v) is 17.2. The minimum Gasteiger partial charge on any atom is -0.300 e. The predicted octanol–water partition coefficient (Wildman–Crippen LogP) is 4.08. The number of aromatic nitrogens is 3. The van der Waals surface area contributed by atoms with Crippen LogP contribution < -0.4 is 10.9 Å². The van der Waals surface area contributed by atoms with Crippen molar-refractivity contribution in [1.29, 1.82) is 0 Å². The SMILES string of the molecule is Cc1cc(C)c(-c2csc(NC(=O)Cn3cnc4ccccc4c3=O)n2)c(C)c1. The maximum atomic E-state index is 12.5. The van der Waals surface area contributed by atoms with Crippen LogP contribution >= 0.6 is 11.3 Å². The lowest BCUT2D eigenvalue weighted by atomic mass is 9.98. The molecular weight excluding hydrogens is 384 g/mol. The van der Waals surface area contributed by atoms with Gasteiger partial charge in [0, 0.05) is 10.9 Å². The van der Waals surface area contributed by atoms with Crippen molar-refractivity contribution in [2.24, 2.45) is 0 Å². The van der Waals surface area contributed by atoms with Crippen molar-refractivity contribution in [3.63, 3.8) is 0 Å². The molecule has 2 aromatic heterocycles. The maximum absolute atomic E-state index is 12.5. The molecule has 0 unspecified atom stereocenters. The van der Waals surface area contributed by atoms with E-state index in [1.54, 1.807) is 18.2 Å². The van der Waals surface area contributed by atoms with Gasteiger partial charge in [0.05, 0.1) is 22.9 Å². The zero-order valence-electron chi connectivity index (χ0n) is 16.4. The number of nitrogens with zero attached hydrogens (tertiary/aromatic N) is 3. The molecule has 6 nitrogen and oxygen atoms in total. The van der Waals surface area contributed by atoms with Crippen LogP contribution in [0, 0.1) is 20.8 Å². The van der Waals surface area contributed by atoms with Gasteiger partial charge in [0.2, 0.25) is 5.91 Å². The quantitative estimate of drug-likeness (QED) is 0.556. The molecule has 1 amide bonds. The van der Waals surface area contributed by atoms with Gasteiger partial charge < -0.3 is 5.32 Å². The van der Waals surface area contributed by atoms with E-state index in [9.17, 15) is 9.59 Å². The number of aryl methyl sites for hydroxylation is 3. The van der Waals surface area contributed by atoms with E-state index < -0.39 is 0 Å². The third-order valence-corrected chi connectivity index (χ3v) is 5.49. The Morgan fingerprint density at radius 3 is 2.62 bits per heavy atom. The molecule has 0 aliphatic carbocycles. The maximum Gasteiger partial charge on any atom is 0.261 e. The van der Waals surface area contributed by atoms with Crippen molar-refractivity contribution in [2.75, 3.05) is 5.32 Å². The van der Waals surface area contributed by atoms with Crippen LogP contribution in [0.25, 0.3) is 22.2 Å². The number of thiazole rings is 1. The highest BCUT2D eigenvalue weighted by Crippen LogP contribution is 2.31. The average molecular weight is 404 g/mol. The summed E-state index contributed by atoms with van der Waals surface area (Å²) in [5.41, 5.74) is 5.81.